The number of nitrogens with zero attached hydrogens (tertiary/aromatic N) is 2. The molecule has 0 saturated carbocycles. The normalized spacial score (nSPS) is 12.1. The molecule has 20 heavy (non-hydrogen) atoms. The summed E-state index contributed by atoms with van der Waals surface area (Å²) in [5.41, 5.74) is 0.872. The van der Waals surface area contributed by atoms with Crippen LogP contribution in [-0.2, 0) is 11.2 Å². The van der Waals surface area contributed by atoms with Gasteiger partial charge in [0.25, 0.3) is 0 Å². The maximum atomic E-state index is 11.9. The molecular weight excluding hydrogens is 258 g/mol. The number of hydrogen-bond donors (Lipinski definition) is 2. The van der Waals surface area contributed by atoms with Crippen LogP contribution in [0.4, 0.5) is 0 Å². The third kappa shape index (κ3) is 3.89. The Labute approximate surface area is 116 Å². The first-order valence-corrected chi connectivity index (χ1v) is 6.43. The Morgan fingerprint density at radius 1 is 1.40 bits per heavy atom. The molecule has 6 nitrogen and oxygen atoms in total. The van der Waals surface area contributed by atoms with Crippen LogP contribution < -0.4 is 5.32 Å². The van der Waals surface area contributed by atoms with Crippen molar-refractivity contribution in [1.29, 1.82) is 0 Å². The highest BCUT2D eigenvalue weighted by Gasteiger charge is 2.14. The van der Waals surface area contributed by atoms with Crippen LogP contribution in [0.15, 0.2) is 34.9 Å². The number of benzene rings is 1. The van der Waals surface area contributed by atoms with Crippen molar-refractivity contribution in [3.63, 3.8) is 0 Å². The van der Waals surface area contributed by atoms with Crippen LogP contribution in [0.5, 0.6) is 0 Å². The summed E-state index contributed by atoms with van der Waals surface area (Å²) in [7, 11) is 0. The number of carbonyl (C=O) groups excluding carboxylic acids is 1. The molecule has 1 amide bonds. The summed E-state index contributed by atoms with van der Waals surface area (Å²) in [5, 5.41) is 15.8. The van der Waals surface area contributed by atoms with E-state index in [1.54, 1.807) is 6.92 Å². The zero-order valence-electron chi connectivity index (χ0n) is 11.2. The van der Waals surface area contributed by atoms with E-state index in [0.717, 1.165) is 5.56 Å². The van der Waals surface area contributed by atoms with Crippen LogP contribution in [0, 0.1) is 6.92 Å². The van der Waals surface area contributed by atoms with Gasteiger partial charge in [0.2, 0.25) is 11.8 Å². The number of aliphatic hydroxyl groups is 1. The first kappa shape index (κ1) is 14.2. The lowest BCUT2D eigenvalue weighted by Gasteiger charge is -2.16. The average molecular weight is 275 g/mol. The highest BCUT2D eigenvalue weighted by Crippen LogP contribution is 2.12. The molecule has 1 aromatic heterocycles. The molecule has 0 unspecified atom stereocenters. The summed E-state index contributed by atoms with van der Waals surface area (Å²) in [6, 6.07) is 8.95. The summed E-state index contributed by atoms with van der Waals surface area (Å²) >= 11 is 0. The topological polar surface area (TPSA) is 88.2 Å². The van der Waals surface area contributed by atoms with Gasteiger partial charge in [0.15, 0.2) is 5.82 Å². The van der Waals surface area contributed by atoms with Crippen LogP contribution in [0.1, 0.15) is 29.7 Å². The van der Waals surface area contributed by atoms with Gasteiger partial charge in [-0.05, 0) is 12.5 Å². The molecule has 0 radical (unpaired) electrons. The number of hydrogen-bond acceptors (Lipinski definition) is 5. The van der Waals surface area contributed by atoms with E-state index in [-0.39, 0.29) is 18.9 Å². The summed E-state index contributed by atoms with van der Waals surface area (Å²) < 4.78 is 4.94. The fourth-order valence-electron chi connectivity index (χ4n) is 1.85. The van der Waals surface area contributed by atoms with E-state index in [4.69, 9.17) is 4.52 Å². The molecule has 1 atom stereocenters. The Hall–Kier alpha value is -2.21. The number of amides is 1. The molecule has 0 aliphatic heterocycles. The van der Waals surface area contributed by atoms with Gasteiger partial charge in [0, 0.05) is 12.8 Å². The lowest BCUT2D eigenvalue weighted by molar-refractivity contribution is -0.122. The van der Waals surface area contributed by atoms with Crippen molar-refractivity contribution in [1.82, 2.24) is 15.5 Å². The van der Waals surface area contributed by atoms with Crippen molar-refractivity contribution in [2.24, 2.45) is 0 Å². The van der Waals surface area contributed by atoms with Gasteiger partial charge in [-0.1, -0.05) is 35.5 Å². The fourth-order valence-corrected chi connectivity index (χ4v) is 1.85. The van der Waals surface area contributed by atoms with Crippen molar-refractivity contribution >= 4 is 5.91 Å². The van der Waals surface area contributed by atoms with Crippen LogP contribution in [-0.4, -0.2) is 27.8 Å². The second kappa shape index (κ2) is 6.81. The standard InChI is InChI=1S/C14H17N3O3/c1-10-15-14(20-17-10)8-7-13(19)16-12(9-18)11-5-3-2-4-6-11/h2-6,12,18H,7-9H2,1H3,(H,16,19)/t12-/m0/s1. The minimum absolute atomic E-state index is 0.143. The SMILES string of the molecule is Cc1noc(CCC(=O)N[C@@H](CO)c2ccccc2)n1. The molecule has 2 rings (SSSR count). The molecule has 0 aliphatic rings. The summed E-state index contributed by atoms with van der Waals surface area (Å²) in [4.78, 5) is 15.9. The number of carbonyl (C=O) groups is 1. The minimum atomic E-state index is -0.395. The number of aromatic nitrogens is 2. The second-order valence-corrected chi connectivity index (χ2v) is 4.45. The average Bonchev–Trinajstić information content (AvgIpc) is 2.89. The number of nitrogens with one attached hydrogen (secondary N) is 1. The predicted octanol–water partition coefficient (Wildman–Crippen LogP) is 1.16. The van der Waals surface area contributed by atoms with E-state index < -0.39 is 6.04 Å². The van der Waals surface area contributed by atoms with Crippen molar-refractivity contribution in [2.45, 2.75) is 25.8 Å². The van der Waals surface area contributed by atoms with Crippen molar-refractivity contribution in [3.05, 3.63) is 47.6 Å². The van der Waals surface area contributed by atoms with Gasteiger partial charge < -0.3 is 14.9 Å². The highest BCUT2D eigenvalue weighted by atomic mass is 16.5. The molecule has 2 N–H and O–H groups in total. The summed E-state index contributed by atoms with van der Waals surface area (Å²) in [6.07, 6.45) is 0.630. The van der Waals surface area contributed by atoms with Gasteiger partial charge in [0.05, 0.1) is 12.6 Å². The molecule has 0 fully saturated rings. The quantitative estimate of drug-likeness (QED) is 0.826. The molecular formula is C14H17N3O3. The van der Waals surface area contributed by atoms with E-state index >= 15 is 0 Å². The lowest BCUT2D eigenvalue weighted by Crippen LogP contribution is -2.30. The van der Waals surface area contributed by atoms with Gasteiger partial charge in [-0.2, -0.15) is 4.98 Å². The molecule has 106 valence electrons. The Balaban J connectivity index is 1.86. The number of rotatable bonds is 6. The molecule has 2 aromatic rings. The Morgan fingerprint density at radius 3 is 2.75 bits per heavy atom. The zero-order valence-corrected chi connectivity index (χ0v) is 11.2. The zero-order chi connectivity index (χ0) is 14.4. The van der Waals surface area contributed by atoms with E-state index in [1.807, 2.05) is 30.3 Å². The first-order chi connectivity index (χ1) is 9.69. The number of aliphatic hydroxyl groups excluding tert-OH is 1. The van der Waals surface area contributed by atoms with Crippen LogP contribution in [0.25, 0.3) is 0 Å². The van der Waals surface area contributed by atoms with Gasteiger partial charge in [-0.3, -0.25) is 4.79 Å². The molecule has 0 spiro atoms. The van der Waals surface area contributed by atoms with Gasteiger partial charge in [-0.15, -0.1) is 0 Å². The molecule has 0 bridgehead atoms. The van der Waals surface area contributed by atoms with Crippen LogP contribution in [0.2, 0.25) is 0 Å². The maximum absolute atomic E-state index is 11.9. The van der Waals surface area contributed by atoms with E-state index in [9.17, 15) is 9.90 Å². The van der Waals surface area contributed by atoms with Crippen molar-refractivity contribution < 1.29 is 14.4 Å². The van der Waals surface area contributed by atoms with Crippen LogP contribution >= 0.6 is 0 Å². The van der Waals surface area contributed by atoms with E-state index in [1.165, 1.54) is 0 Å². The van der Waals surface area contributed by atoms with Gasteiger partial charge in [0.1, 0.15) is 0 Å². The highest BCUT2D eigenvalue weighted by molar-refractivity contribution is 5.76. The Kier molecular flexibility index (Phi) is 4.84. The first-order valence-electron chi connectivity index (χ1n) is 6.43. The maximum Gasteiger partial charge on any atom is 0.227 e. The Morgan fingerprint density at radius 2 is 2.15 bits per heavy atom. The summed E-state index contributed by atoms with van der Waals surface area (Å²) in [6.45, 7) is 1.58. The van der Waals surface area contributed by atoms with Gasteiger partial charge in [-0.25, -0.2) is 0 Å². The van der Waals surface area contributed by atoms with Crippen molar-refractivity contribution in [3.8, 4) is 0 Å². The smallest absolute Gasteiger partial charge is 0.227 e. The lowest BCUT2D eigenvalue weighted by atomic mass is 10.1. The Bertz CT molecular complexity index is 554. The molecule has 1 heterocycles. The van der Waals surface area contributed by atoms with Crippen LogP contribution in [0.3, 0.4) is 0 Å². The van der Waals surface area contributed by atoms with E-state index in [2.05, 4.69) is 15.5 Å². The third-order valence-electron chi connectivity index (χ3n) is 2.86. The monoisotopic (exact) mass is 275 g/mol. The number of aryl methyl sites for hydroxylation is 2. The third-order valence-corrected chi connectivity index (χ3v) is 2.86. The van der Waals surface area contributed by atoms with Crippen molar-refractivity contribution in [2.75, 3.05) is 6.61 Å². The van der Waals surface area contributed by atoms with Gasteiger partial charge >= 0.3 is 0 Å². The molecule has 0 saturated heterocycles. The van der Waals surface area contributed by atoms with E-state index in [0.29, 0.717) is 18.1 Å². The summed E-state index contributed by atoms with van der Waals surface area (Å²) in [5.74, 6) is 0.833. The molecule has 1 aromatic carbocycles. The predicted molar refractivity (Wildman–Crippen MR) is 71.8 cm³/mol. The fraction of sp³-hybridized carbons (Fsp3) is 0.357. The largest absolute Gasteiger partial charge is 0.394 e. The second-order valence-electron chi connectivity index (χ2n) is 4.45. The minimum Gasteiger partial charge on any atom is -0.394 e. The molecule has 0 aliphatic carbocycles. The molecule has 6 heteroatoms.